The largest absolute Gasteiger partial charge is 0.387 e. The van der Waals surface area contributed by atoms with Gasteiger partial charge in [-0.1, -0.05) is 0 Å². The van der Waals surface area contributed by atoms with Crippen LogP contribution in [0.4, 0.5) is 0 Å². The third-order valence-corrected chi connectivity index (χ3v) is 4.10. The molecule has 0 aromatic rings. The topological polar surface area (TPSA) is 58.6 Å². The zero-order valence-corrected chi connectivity index (χ0v) is 12.4. The zero-order chi connectivity index (χ0) is 13.6. The van der Waals surface area contributed by atoms with E-state index in [4.69, 9.17) is 4.74 Å². The molecule has 0 bridgehead atoms. The molecule has 1 rings (SSSR count). The molecule has 1 aliphatic rings. The molecule has 0 aromatic carbocycles. The van der Waals surface area contributed by atoms with Gasteiger partial charge in [-0.15, -0.1) is 0 Å². The molecule has 0 radical (unpaired) electrons. The number of thioether (sulfide) groups is 1. The van der Waals surface area contributed by atoms with E-state index in [1.165, 1.54) is 0 Å². The number of carbonyl (C=O) groups is 1. The quantitative estimate of drug-likeness (QED) is 0.703. The molecule has 1 saturated carbocycles. The van der Waals surface area contributed by atoms with Crippen LogP contribution >= 0.6 is 11.8 Å². The number of carbonyl (C=O) groups excluding carboxylic acids is 1. The normalized spacial score (nSPS) is 26.2. The highest BCUT2D eigenvalue weighted by Gasteiger charge is 2.31. The van der Waals surface area contributed by atoms with E-state index in [1.807, 2.05) is 13.2 Å². The molecule has 0 aromatic heterocycles. The fourth-order valence-electron chi connectivity index (χ4n) is 2.20. The second-order valence-electron chi connectivity index (χ2n) is 5.33. The van der Waals surface area contributed by atoms with Crippen molar-refractivity contribution in [2.75, 3.05) is 25.2 Å². The predicted octanol–water partition coefficient (Wildman–Crippen LogP) is 1.42. The molecule has 1 aliphatic carbocycles. The summed E-state index contributed by atoms with van der Waals surface area (Å²) in [5.41, 5.74) is -0.817. The van der Waals surface area contributed by atoms with Gasteiger partial charge in [0.2, 0.25) is 5.91 Å². The Labute approximate surface area is 114 Å². The van der Waals surface area contributed by atoms with Gasteiger partial charge in [-0.3, -0.25) is 4.79 Å². The van der Waals surface area contributed by atoms with Gasteiger partial charge in [-0.05, 0) is 38.9 Å². The third-order valence-electron chi connectivity index (χ3n) is 3.19. The fourth-order valence-corrected chi connectivity index (χ4v) is 2.92. The van der Waals surface area contributed by atoms with E-state index < -0.39 is 5.60 Å². The lowest BCUT2D eigenvalue weighted by Crippen LogP contribution is -2.44. The SMILES string of the molecule is CCOC1CC(CC(=O)NCC(C)(O)CSC)C1. The van der Waals surface area contributed by atoms with Crippen molar-refractivity contribution in [1.82, 2.24) is 5.32 Å². The maximum atomic E-state index is 11.7. The Morgan fingerprint density at radius 2 is 2.22 bits per heavy atom. The van der Waals surface area contributed by atoms with Gasteiger partial charge < -0.3 is 15.2 Å². The van der Waals surface area contributed by atoms with Crippen LogP contribution in [0.25, 0.3) is 0 Å². The minimum atomic E-state index is -0.817. The molecule has 1 amide bonds. The molecule has 5 heteroatoms. The van der Waals surface area contributed by atoms with Gasteiger partial charge in [0.25, 0.3) is 0 Å². The summed E-state index contributed by atoms with van der Waals surface area (Å²) in [4.78, 5) is 11.7. The Kier molecular flexibility index (Phi) is 6.46. The van der Waals surface area contributed by atoms with Gasteiger partial charge in [0.1, 0.15) is 0 Å². The van der Waals surface area contributed by atoms with Crippen LogP contribution in [0.5, 0.6) is 0 Å². The molecule has 0 aliphatic heterocycles. The van der Waals surface area contributed by atoms with Crippen LogP contribution in [-0.2, 0) is 9.53 Å². The molecule has 0 heterocycles. The number of nitrogens with one attached hydrogen (secondary N) is 1. The summed E-state index contributed by atoms with van der Waals surface area (Å²) in [6, 6.07) is 0. The summed E-state index contributed by atoms with van der Waals surface area (Å²) in [7, 11) is 0. The zero-order valence-electron chi connectivity index (χ0n) is 11.6. The summed E-state index contributed by atoms with van der Waals surface area (Å²) in [6.45, 7) is 4.82. The van der Waals surface area contributed by atoms with Crippen LogP contribution in [0.1, 0.15) is 33.1 Å². The van der Waals surface area contributed by atoms with Crippen molar-refractivity contribution >= 4 is 17.7 Å². The highest BCUT2D eigenvalue weighted by atomic mass is 32.2. The average Bonchev–Trinajstić information content (AvgIpc) is 2.24. The monoisotopic (exact) mass is 275 g/mol. The molecular formula is C13H25NO3S. The molecule has 106 valence electrons. The molecule has 18 heavy (non-hydrogen) atoms. The van der Waals surface area contributed by atoms with Crippen LogP contribution in [0.15, 0.2) is 0 Å². The summed E-state index contributed by atoms with van der Waals surface area (Å²) in [5.74, 6) is 1.12. The summed E-state index contributed by atoms with van der Waals surface area (Å²) in [6.07, 6.45) is 4.83. The second-order valence-corrected chi connectivity index (χ2v) is 6.19. The number of aliphatic hydroxyl groups is 1. The summed E-state index contributed by atoms with van der Waals surface area (Å²) in [5, 5.41) is 12.7. The second kappa shape index (κ2) is 7.36. The van der Waals surface area contributed by atoms with Gasteiger partial charge in [0.15, 0.2) is 0 Å². The lowest BCUT2D eigenvalue weighted by Gasteiger charge is -2.34. The van der Waals surface area contributed by atoms with Crippen molar-refractivity contribution in [1.29, 1.82) is 0 Å². The first kappa shape index (κ1) is 15.8. The maximum absolute atomic E-state index is 11.7. The smallest absolute Gasteiger partial charge is 0.220 e. The van der Waals surface area contributed by atoms with E-state index in [9.17, 15) is 9.90 Å². The average molecular weight is 275 g/mol. The lowest BCUT2D eigenvalue weighted by molar-refractivity contribution is -0.125. The van der Waals surface area contributed by atoms with Gasteiger partial charge in [-0.25, -0.2) is 0 Å². The van der Waals surface area contributed by atoms with Crippen LogP contribution in [0.3, 0.4) is 0 Å². The Morgan fingerprint density at radius 1 is 1.56 bits per heavy atom. The Bertz CT molecular complexity index is 265. The number of hydrogen-bond acceptors (Lipinski definition) is 4. The minimum absolute atomic E-state index is 0.0383. The Hall–Kier alpha value is -0.260. The molecule has 1 fully saturated rings. The standard InChI is InChI=1S/C13H25NO3S/c1-4-17-11-5-10(6-11)7-12(15)14-8-13(2,16)9-18-3/h10-11,16H,4-9H2,1-3H3,(H,14,15). The molecular weight excluding hydrogens is 250 g/mol. The first-order valence-corrected chi connectivity index (χ1v) is 7.96. The number of ether oxygens (including phenoxy) is 1. The van der Waals surface area contributed by atoms with E-state index in [0.29, 0.717) is 30.7 Å². The molecule has 1 unspecified atom stereocenters. The van der Waals surface area contributed by atoms with Gasteiger partial charge in [0.05, 0.1) is 11.7 Å². The number of rotatable bonds is 8. The van der Waals surface area contributed by atoms with Crippen LogP contribution in [-0.4, -0.2) is 47.9 Å². The van der Waals surface area contributed by atoms with Crippen molar-refractivity contribution in [3.05, 3.63) is 0 Å². The van der Waals surface area contributed by atoms with Gasteiger partial charge in [-0.2, -0.15) is 11.8 Å². The van der Waals surface area contributed by atoms with Crippen molar-refractivity contribution in [2.45, 2.75) is 44.8 Å². The van der Waals surface area contributed by atoms with Crippen LogP contribution in [0, 0.1) is 5.92 Å². The van der Waals surface area contributed by atoms with Crippen LogP contribution in [0.2, 0.25) is 0 Å². The van der Waals surface area contributed by atoms with Crippen molar-refractivity contribution in [3.8, 4) is 0 Å². The molecule has 0 spiro atoms. The molecule has 1 atom stereocenters. The fraction of sp³-hybridized carbons (Fsp3) is 0.923. The number of amides is 1. The third kappa shape index (κ3) is 5.59. The minimum Gasteiger partial charge on any atom is -0.387 e. The van der Waals surface area contributed by atoms with E-state index in [1.54, 1.807) is 18.7 Å². The highest BCUT2D eigenvalue weighted by Crippen LogP contribution is 2.32. The molecule has 2 N–H and O–H groups in total. The van der Waals surface area contributed by atoms with Crippen molar-refractivity contribution in [3.63, 3.8) is 0 Å². The van der Waals surface area contributed by atoms with E-state index in [2.05, 4.69) is 5.32 Å². The molecule has 4 nitrogen and oxygen atoms in total. The Morgan fingerprint density at radius 3 is 2.78 bits per heavy atom. The van der Waals surface area contributed by atoms with E-state index in [0.717, 1.165) is 19.4 Å². The highest BCUT2D eigenvalue weighted by molar-refractivity contribution is 7.98. The predicted molar refractivity (Wildman–Crippen MR) is 74.8 cm³/mol. The summed E-state index contributed by atoms with van der Waals surface area (Å²) < 4.78 is 5.46. The van der Waals surface area contributed by atoms with Gasteiger partial charge in [0, 0.05) is 25.3 Å². The van der Waals surface area contributed by atoms with Gasteiger partial charge >= 0.3 is 0 Å². The molecule has 0 saturated heterocycles. The lowest BCUT2D eigenvalue weighted by atomic mass is 9.80. The number of hydrogen-bond donors (Lipinski definition) is 2. The maximum Gasteiger partial charge on any atom is 0.220 e. The summed E-state index contributed by atoms with van der Waals surface area (Å²) >= 11 is 1.58. The Balaban J connectivity index is 2.12. The van der Waals surface area contributed by atoms with Crippen molar-refractivity contribution in [2.24, 2.45) is 5.92 Å². The first-order valence-electron chi connectivity index (χ1n) is 6.56. The van der Waals surface area contributed by atoms with Crippen LogP contribution < -0.4 is 5.32 Å². The van der Waals surface area contributed by atoms with E-state index in [-0.39, 0.29) is 5.91 Å². The van der Waals surface area contributed by atoms with Crippen molar-refractivity contribution < 1.29 is 14.6 Å². The van der Waals surface area contributed by atoms with E-state index >= 15 is 0 Å². The first-order chi connectivity index (χ1) is 8.46.